The molecule has 2 atom stereocenters. The van der Waals surface area contributed by atoms with Crippen molar-refractivity contribution in [3.63, 3.8) is 0 Å². The highest BCUT2D eigenvalue weighted by atomic mass is 15.5. The lowest BCUT2D eigenvalue weighted by Crippen LogP contribution is -2.47. The normalized spacial score (nSPS) is 26.7. The van der Waals surface area contributed by atoms with Crippen LogP contribution in [0, 0.1) is 6.92 Å². The van der Waals surface area contributed by atoms with Crippen LogP contribution in [0.2, 0.25) is 0 Å². The molecule has 2 rings (SSSR count). The van der Waals surface area contributed by atoms with Gasteiger partial charge < -0.3 is 5.43 Å². The summed E-state index contributed by atoms with van der Waals surface area (Å²) in [5.41, 5.74) is 4.69. The number of piperidine rings is 1. The molecule has 2 unspecified atom stereocenters. The maximum absolute atomic E-state index is 4.35. The summed E-state index contributed by atoms with van der Waals surface area (Å²) in [5, 5.41) is 2.34. The highest BCUT2D eigenvalue weighted by molar-refractivity contribution is 5.36. The van der Waals surface area contributed by atoms with Crippen molar-refractivity contribution in [1.82, 2.24) is 9.99 Å². The van der Waals surface area contributed by atoms with E-state index < -0.39 is 0 Å². The highest BCUT2D eigenvalue weighted by Gasteiger charge is 2.24. The van der Waals surface area contributed by atoms with Crippen LogP contribution in [0.3, 0.4) is 0 Å². The minimum atomic E-state index is 0.589. The molecule has 0 aromatic carbocycles. The van der Waals surface area contributed by atoms with Gasteiger partial charge in [0.2, 0.25) is 0 Å². The molecule has 3 nitrogen and oxygen atoms in total. The van der Waals surface area contributed by atoms with Crippen molar-refractivity contribution in [3.8, 4) is 0 Å². The third kappa shape index (κ3) is 2.53. The summed E-state index contributed by atoms with van der Waals surface area (Å²) in [6.07, 6.45) is 5.73. The number of rotatable bonds is 2. The average Bonchev–Trinajstić information content (AvgIpc) is 2.24. The van der Waals surface area contributed by atoms with Crippen molar-refractivity contribution >= 4 is 5.82 Å². The third-order valence-corrected chi connectivity index (χ3v) is 3.35. The Kier molecular flexibility index (Phi) is 3.44. The van der Waals surface area contributed by atoms with Crippen LogP contribution in [-0.2, 0) is 0 Å². The maximum atomic E-state index is 4.35. The number of hydrazine groups is 1. The molecular formula is C13H21N3. The number of nitrogens with zero attached hydrogens (tertiary/aromatic N) is 2. The van der Waals surface area contributed by atoms with Crippen molar-refractivity contribution in [2.75, 3.05) is 5.43 Å². The van der Waals surface area contributed by atoms with Gasteiger partial charge in [-0.25, -0.2) is 9.99 Å². The second-order valence-corrected chi connectivity index (χ2v) is 4.87. The van der Waals surface area contributed by atoms with E-state index in [0.717, 1.165) is 5.82 Å². The smallest absolute Gasteiger partial charge is 0.140 e. The third-order valence-electron chi connectivity index (χ3n) is 3.35. The quantitative estimate of drug-likeness (QED) is 0.829. The van der Waals surface area contributed by atoms with E-state index in [-0.39, 0.29) is 0 Å². The lowest BCUT2D eigenvalue weighted by atomic mass is 10.00. The number of anilines is 1. The zero-order valence-corrected chi connectivity index (χ0v) is 10.4. The average molecular weight is 219 g/mol. The van der Waals surface area contributed by atoms with Gasteiger partial charge in [0.15, 0.2) is 0 Å². The molecule has 1 fully saturated rings. The Hall–Kier alpha value is -1.09. The van der Waals surface area contributed by atoms with E-state index in [4.69, 9.17) is 0 Å². The standard InChI is InChI=1S/C13H21N3/c1-10-7-8-14-13(9-10)15-16-11(2)5-4-6-12(16)3/h7-9,11-12H,4-6H2,1-3H3,(H,14,15). The summed E-state index contributed by atoms with van der Waals surface area (Å²) in [6.45, 7) is 6.65. The van der Waals surface area contributed by atoms with E-state index in [1.54, 1.807) is 0 Å². The monoisotopic (exact) mass is 219 g/mol. The molecule has 0 spiro atoms. The maximum Gasteiger partial charge on any atom is 0.140 e. The number of hydrogen-bond acceptors (Lipinski definition) is 3. The molecule has 0 saturated carbocycles. The molecule has 0 radical (unpaired) electrons. The van der Waals surface area contributed by atoms with Gasteiger partial charge in [-0.3, -0.25) is 0 Å². The number of nitrogens with one attached hydrogen (secondary N) is 1. The summed E-state index contributed by atoms with van der Waals surface area (Å²) >= 11 is 0. The van der Waals surface area contributed by atoms with Gasteiger partial charge in [-0.1, -0.05) is 6.42 Å². The molecule has 1 aliphatic heterocycles. The Morgan fingerprint density at radius 1 is 1.31 bits per heavy atom. The second-order valence-electron chi connectivity index (χ2n) is 4.87. The Morgan fingerprint density at radius 2 is 2.00 bits per heavy atom. The van der Waals surface area contributed by atoms with Gasteiger partial charge in [0.25, 0.3) is 0 Å². The fraction of sp³-hybridized carbons (Fsp3) is 0.615. The Morgan fingerprint density at radius 3 is 2.62 bits per heavy atom. The molecule has 2 heterocycles. The van der Waals surface area contributed by atoms with E-state index >= 15 is 0 Å². The van der Waals surface area contributed by atoms with Gasteiger partial charge in [0.1, 0.15) is 5.82 Å². The zero-order valence-electron chi connectivity index (χ0n) is 10.4. The lowest BCUT2D eigenvalue weighted by Gasteiger charge is -2.39. The SMILES string of the molecule is Cc1ccnc(NN2C(C)CCCC2C)c1. The van der Waals surface area contributed by atoms with Crippen LogP contribution in [0.25, 0.3) is 0 Å². The van der Waals surface area contributed by atoms with Crippen molar-refractivity contribution in [3.05, 3.63) is 23.9 Å². The minimum absolute atomic E-state index is 0.589. The molecule has 3 heteroatoms. The molecule has 1 saturated heterocycles. The fourth-order valence-electron chi connectivity index (χ4n) is 2.37. The van der Waals surface area contributed by atoms with Crippen molar-refractivity contribution in [2.45, 2.75) is 52.1 Å². The summed E-state index contributed by atoms with van der Waals surface area (Å²) < 4.78 is 0. The first-order chi connectivity index (χ1) is 7.66. The summed E-state index contributed by atoms with van der Waals surface area (Å²) in [6, 6.07) is 5.29. The predicted molar refractivity (Wildman–Crippen MR) is 67.2 cm³/mol. The van der Waals surface area contributed by atoms with Gasteiger partial charge in [-0.05, 0) is 51.3 Å². The Labute approximate surface area is 97.8 Å². The predicted octanol–water partition coefficient (Wildman–Crippen LogP) is 2.98. The highest BCUT2D eigenvalue weighted by Crippen LogP contribution is 2.22. The summed E-state index contributed by atoms with van der Waals surface area (Å²) in [5.74, 6) is 0.959. The van der Waals surface area contributed by atoms with Crippen LogP contribution in [0.1, 0.15) is 38.7 Å². The summed E-state index contributed by atoms with van der Waals surface area (Å²) in [4.78, 5) is 4.35. The Balaban J connectivity index is 2.07. The van der Waals surface area contributed by atoms with Gasteiger partial charge in [0, 0.05) is 18.3 Å². The minimum Gasteiger partial charge on any atom is -0.303 e. The lowest BCUT2D eigenvalue weighted by molar-refractivity contribution is 0.135. The molecule has 0 amide bonds. The number of aryl methyl sites for hydroxylation is 1. The largest absolute Gasteiger partial charge is 0.303 e. The molecule has 1 aromatic heterocycles. The number of hydrogen-bond donors (Lipinski definition) is 1. The van der Waals surface area contributed by atoms with Crippen molar-refractivity contribution in [2.24, 2.45) is 0 Å². The van der Waals surface area contributed by atoms with E-state index in [1.807, 2.05) is 12.3 Å². The van der Waals surface area contributed by atoms with Crippen LogP contribution < -0.4 is 5.43 Å². The topological polar surface area (TPSA) is 28.2 Å². The zero-order chi connectivity index (χ0) is 11.5. The van der Waals surface area contributed by atoms with Crippen LogP contribution in [0.4, 0.5) is 5.82 Å². The van der Waals surface area contributed by atoms with Gasteiger partial charge in [0.05, 0.1) is 0 Å². The first kappa shape index (κ1) is 11.4. The molecule has 1 aromatic rings. The first-order valence-electron chi connectivity index (χ1n) is 6.14. The second kappa shape index (κ2) is 4.83. The Bertz CT molecular complexity index is 341. The number of aromatic nitrogens is 1. The molecule has 0 aliphatic carbocycles. The van der Waals surface area contributed by atoms with E-state index in [2.05, 4.69) is 42.3 Å². The van der Waals surface area contributed by atoms with E-state index in [1.165, 1.54) is 24.8 Å². The van der Waals surface area contributed by atoms with Crippen LogP contribution >= 0.6 is 0 Å². The van der Waals surface area contributed by atoms with E-state index in [9.17, 15) is 0 Å². The molecule has 16 heavy (non-hydrogen) atoms. The molecule has 88 valence electrons. The molecule has 1 aliphatic rings. The van der Waals surface area contributed by atoms with Crippen LogP contribution in [0.5, 0.6) is 0 Å². The van der Waals surface area contributed by atoms with E-state index in [0.29, 0.717) is 12.1 Å². The van der Waals surface area contributed by atoms with Crippen molar-refractivity contribution < 1.29 is 0 Å². The van der Waals surface area contributed by atoms with Crippen molar-refractivity contribution in [1.29, 1.82) is 0 Å². The summed E-state index contributed by atoms with van der Waals surface area (Å²) in [7, 11) is 0. The van der Waals surface area contributed by atoms with Gasteiger partial charge in [-0.15, -0.1) is 0 Å². The van der Waals surface area contributed by atoms with Crippen LogP contribution in [0.15, 0.2) is 18.3 Å². The fourth-order valence-corrected chi connectivity index (χ4v) is 2.37. The molecule has 0 bridgehead atoms. The first-order valence-corrected chi connectivity index (χ1v) is 6.14. The molecular weight excluding hydrogens is 198 g/mol. The molecule has 1 N–H and O–H groups in total. The van der Waals surface area contributed by atoms with Crippen LogP contribution in [-0.4, -0.2) is 22.1 Å². The van der Waals surface area contributed by atoms with Gasteiger partial charge >= 0.3 is 0 Å². The number of pyridine rings is 1. The van der Waals surface area contributed by atoms with Gasteiger partial charge in [-0.2, -0.15) is 0 Å².